The van der Waals surface area contributed by atoms with Crippen molar-refractivity contribution >= 4 is 35.9 Å². The van der Waals surface area contributed by atoms with Crippen molar-refractivity contribution in [1.82, 2.24) is 0 Å². The number of hydrogen-bond donors (Lipinski definition) is 5. The van der Waals surface area contributed by atoms with Crippen LogP contribution < -0.4 is 0 Å². The predicted molar refractivity (Wildman–Crippen MR) is 196 cm³/mol. The number of esters is 2. The largest absolute Gasteiger partial charge is 0.479 e. The molecule has 0 aromatic heterocycles. The first-order valence-electron chi connectivity index (χ1n) is 18.8. The Labute approximate surface area is 320 Å². The van der Waals surface area contributed by atoms with E-state index < -0.39 is 77.7 Å². The van der Waals surface area contributed by atoms with Crippen LogP contribution in [0.15, 0.2) is 66.7 Å². The van der Waals surface area contributed by atoms with Gasteiger partial charge in [0, 0.05) is 19.8 Å². The maximum atomic E-state index is 13.1. The SMILES string of the molecule is CC(=O)OC(CCC[C@]12OC(C(=O)O)C(O)(C(=O)O)[C@](C(=O)O)(O1)[C@H](OC(=O)CCCCCCCCc1ccccc1)[C@@H]2O)C(C)C/C=C/c1ccccc1. The molecule has 0 aliphatic carbocycles. The normalized spacial score (nSPS) is 26.9. The minimum atomic E-state index is -3.85. The molecule has 55 heavy (non-hydrogen) atoms. The fourth-order valence-corrected chi connectivity index (χ4v) is 7.45. The van der Waals surface area contributed by atoms with Crippen LogP contribution in [0.5, 0.6) is 0 Å². The van der Waals surface area contributed by atoms with Gasteiger partial charge in [0.15, 0.2) is 6.10 Å². The molecule has 8 atom stereocenters. The Bertz CT molecular complexity index is 1650. The summed E-state index contributed by atoms with van der Waals surface area (Å²) in [7, 11) is 0. The van der Waals surface area contributed by atoms with Crippen LogP contribution in [0.4, 0.5) is 0 Å². The highest BCUT2D eigenvalue weighted by atomic mass is 16.8. The Morgan fingerprint density at radius 3 is 2.07 bits per heavy atom. The van der Waals surface area contributed by atoms with E-state index in [1.807, 2.05) is 67.6 Å². The molecule has 2 aromatic carbocycles. The number of aliphatic hydroxyl groups excluding tert-OH is 1. The van der Waals surface area contributed by atoms with Gasteiger partial charge in [0.2, 0.25) is 23.1 Å². The van der Waals surface area contributed by atoms with E-state index in [9.17, 15) is 49.5 Å². The van der Waals surface area contributed by atoms with Crippen molar-refractivity contribution in [3.05, 3.63) is 77.9 Å². The average Bonchev–Trinajstić information content (AvgIpc) is 3.36. The molecule has 2 heterocycles. The van der Waals surface area contributed by atoms with E-state index in [1.54, 1.807) is 0 Å². The number of allylic oxidation sites excluding steroid dienone is 1. The van der Waals surface area contributed by atoms with Crippen molar-refractivity contribution in [2.75, 3.05) is 0 Å². The molecule has 5 N–H and O–H groups in total. The summed E-state index contributed by atoms with van der Waals surface area (Å²) in [6, 6.07) is 19.6. The van der Waals surface area contributed by atoms with Gasteiger partial charge in [-0.05, 0) is 55.6 Å². The molecule has 2 aliphatic heterocycles. The molecule has 2 aromatic rings. The molecule has 14 nitrogen and oxygen atoms in total. The monoisotopic (exact) mass is 768 g/mol. The van der Waals surface area contributed by atoms with Crippen LogP contribution in [0.2, 0.25) is 0 Å². The van der Waals surface area contributed by atoms with Crippen molar-refractivity contribution < 1.29 is 68.5 Å². The first kappa shape index (κ1) is 43.1. The molecule has 2 saturated heterocycles. The molecule has 0 radical (unpaired) electrons. The second kappa shape index (κ2) is 19.3. The average molecular weight is 769 g/mol. The van der Waals surface area contributed by atoms with Crippen LogP contribution in [0.3, 0.4) is 0 Å². The number of carbonyl (C=O) groups is 5. The Morgan fingerprint density at radius 2 is 1.47 bits per heavy atom. The molecule has 300 valence electrons. The maximum absolute atomic E-state index is 13.1. The van der Waals surface area contributed by atoms with Crippen molar-refractivity contribution in [3.63, 3.8) is 0 Å². The molecule has 2 bridgehead atoms. The summed E-state index contributed by atoms with van der Waals surface area (Å²) in [5, 5.41) is 53.7. The van der Waals surface area contributed by atoms with Crippen molar-refractivity contribution in [1.29, 1.82) is 0 Å². The van der Waals surface area contributed by atoms with Gasteiger partial charge >= 0.3 is 29.8 Å². The van der Waals surface area contributed by atoms with Gasteiger partial charge in [-0.3, -0.25) is 9.59 Å². The van der Waals surface area contributed by atoms with Gasteiger partial charge in [-0.25, -0.2) is 14.4 Å². The van der Waals surface area contributed by atoms with E-state index in [-0.39, 0.29) is 25.2 Å². The molecule has 14 heteroatoms. The third kappa shape index (κ3) is 9.98. The van der Waals surface area contributed by atoms with Crippen LogP contribution in [-0.2, 0) is 49.3 Å². The van der Waals surface area contributed by atoms with Gasteiger partial charge in [0.25, 0.3) is 0 Å². The summed E-state index contributed by atoms with van der Waals surface area (Å²) >= 11 is 0. The molecular formula is C41H52O14. The highest BCUT2D eigenvalue weighted by Crippen LogP contribution is 2.55. The Kier molecular flexibility index (Phi) is 15.1. The molecule has 0 amide bonds. The Hall–Kier alpha value is -4.63. The lowest BCUT2D eigenvalue weighted by molar-refractivity contribution is -0.374. The molecule has 0 saturated carbocycles. The number of unbranched alkanes of at least 4 members (excludes halogenated alkanes) is 5. The number of carboxylic acids is 3. The Morgan fingerprint density at radius 1 is 0.855 bits per heavy atom. The van der Waals surface area contributed by atoms with E-state index in [0.29, 0.717) is 19.3 Å². The van der Waals surface area contributed by atoms with E-state index in [2.05, 4.69) is 12.1 Å². The highest BCUT2D eigenvalue weighted by molar-refractivity contribution is 5.98. The van der Waals surface area contributed by atoms with E-state index in [1.165, 1.54) is 12.5 Å². The van der Waals surface area contributed by atoms with Gasteiger partial charge in [-0.2, -0.15) is 0 Å². The summed E-state index contributed by atoms with van der Waals surface area (Å²) in [6.07, 6.45) is 1.28. The lowest BCUT2D eigenvalue weighted by atomic mass is 9.74. The number of rotatable bonds is 22. The molecule has 2 fully saturated rings. The van der Waals surface area contributed by atoms with Crippen LogP contribution >= 0.6 is 0 Å². The van der Waals surface area contributed by atoms with Crippen molar-refractivity contribution in [2.45, 2.75) is 132 Å². The van der Waals surface area contributed by atoms with Crippen molar-refractivity contribution in [2.24, 2.45) is 5.92 Å². The third-order valence-corrected chi connectivity index (χ3v) is 10.4. The lowest BCUT2D eigenvalue weighted by Gasteiger charge is -2.48. The topological polar surface area (TPSA) is 223 Å². The second-order valence-corrected chi connectivity index (χ2v) is 14.4. The summed E-state index contributed by atoms with van der Waals surface area (Å²) < 4.78 is 22.2. The molecule has 2 aliphatic rings. The van der Waals surface area contributed by atoms with Gasteiger partial charge < -0.3 is 44.5 Å². The van der Waals surface area contributed by atoms with Crippen LogP contribution in [0.1, 0.15) is 95.6 Å². The summed E-state index contributed by atoms with van der Waals surface area (Å²) in [5.74, 6) is -10.9. The first-order valence-corrected chi connectivity index (χ1v) is 18.8. The number of benzene rings is 2. The second-order valence-electron chi connectivity index (χ2n) is 14.4. The molecule has 0 spiro atoms. The number of fused-ring (bicyclic) bond motifs is 2. The lowest BCUT2D eigenvalue weighted by Crippen LogP contribution is -2.78. The van der Waals surface area contributed by atoms with E-state index in [0.717, 1.165) is 37.7 Å². The predicted octanol–water partition coefficient (Wildman–Crippen LogP) is 4.92. The van der Waals surface area contributed by atoms with Gasteiger partial charge in [0.05, 0.1) is 0 Å². The number of carbonyl (C=O) groups excluding carboxylic acids is 2. The van der Waals surface area contributed by atoms with Crippen LogP contribution in [0.25, 0.3) is 6.08 Å². The van der Waals surface area contributed by atoms with Gasteiger partial charge in [-0.15, -0.1) is 0 Å². The number of hydrogen-bond acceptors (Lipinski definition) is 11. The zero-order chi connectivity index (χ0) is 40.2. The highest BCUT2D eigenvalue weighted by Gasteiger charge is 2.85. The maximum Gasteiger partial charge on any atom is 0.344 e. The molecule has 4 unspecified atom stereocenters. The summed E-state index contributed by atoms with van der Waals surface area (Å²) in [4.78, 5) is 63.2. The third-order valence-electron chi connectivity index (χ3n) is 10.4. The summed E-state index contributed by atoms with van der Waals surface area (Å²) in [6.45, 7) is 3.09. The van der Waals surface area contributed by atoms with E-state index in [4.69, 9.17) is 18.9 Å². The minimum absolute atomic E-state index is 0.0265. The molecular weight excluding hydrogens is 716 g/mol. The fraction of sp³-hybridized carbons (Fsp3) is 0.537. The minimum Gasteiger partial charge on any atom is -0.479 e. The quantitative estimate of drug-likeness (QED) is 0.0792. The molecule has 4 rings (SSSR count). The number of aliphatic hydroxyl groups is 2. The van der Waals surface area contributed by atoms with E-state index >= 15 is 0 Å². The summed E-state index contributed by atoms with van der Waals surface area (Å²) in [5.41, 5.74) is -5.11. The van der Waals surface area contributed by atoms with Crippen molar-refractivity contribution in [3.8, 4) is 0 Å². The smallest absolute Gasteiger partial charge is 0.344 e. The Balaban J connectivity index is 1.46. The zero-order valence-electron chi connectivity index (χ0n) is 31.2. The number of aliphatic carboxylic acids is 3. The standard InChI is InChI=1S/C41H52O14/c1-27(17-15-23-30-21-12-8-13-22-30)31(52-28(2)42)24-16-26-39-33(44)34(41(55-39,38(49)50)40(51,37(47)48)35(54-39)36(45)46)53-32(43)25-14-6-4-3-5-9-18-29-19-10-7-11-20-29/h7-8,10-13,15,19-23,27,31,33-35,44,51H,3-6,9,14,16-18,24-26H2,1-2H3,(H,45,46)(H,47,48)(H,49,50)/b23-15+/t27?,31?,33-,34+,35?,39-,40?,41-/m0/s1. The number of ether oxygens (including phenoxy) is 4. The zero-order valence-corrected chi connectivity index (χ0v) is 31.2. The number of aryl methyl sites for hydroxylation is 1. The first-order chi connectivity index (χ1) is 26.2. The van der Waals surface area contributed by atoms with Crippen LogP contribution in [0, 0.1) is 5.92 Å². The van der Waals surface area contributed by atoms with Crippen LogP contribution in [-0.4, -0.2) is 96.8 Å². The van der Waals surface area contributed by atoms with Gasteiger partial charge in [0.1, 0.15) is 12.2 Å². The van der Waals surface area contributed by atoms with Gasteiger partial charge in [-0.1, -0.05) is 105 Å². The fourth-order valence-electron chi connectivity index (χ4n) is 7.45. The number of carboxylic acid groups (broad SMARTS) is 3.